The summed E-state index contributed by atoms with van der Waals surface area (Å²) >= 11 is 0. The topological polar surface area (TPSA) is 85.8 Å². The molecule has 3 rings (SSSR count). The lowest BCUT2D eigenvalue weighted by atomic mass is 10.2. The van der Waals surface area contributed by atoms with Crippen LogP contribution in [-0.2, 0) is 4.79 Å². The molecule has 1 fully saturated rings. The van der Waals surface area contributed by atoms with Gasteiger partial charge in [0.25, 0.3) is 5.91 Å². The van der Waals surface area contributed by atoms with Crippen LogP contribution in [0.25, 0.3) is 0 Å². The van der Waals surface area contributed by atoms with E-state index in [4.69, 9.17) is 0 Å². The summed E-state index contributed by atoms with van der Waals surface area (Å²) in [4.78, 5) is 30.8. The van der Waals surface area contributed by atoms with Crippen molar-refractivity contribution in [2.24, 2.45) is 4.99 Å². The highest BCUT2D eigenvalue weighted by atomic mass is 127. The van der Waals surface area contributed by atoms with Crippen LogP contribution in [0.5, 0.6) is 0 Å². The first kappa shape index (κ1) is 24.6. The Labute approximate surface area is 200 Å². The van der Waals surface area contributed by atoms with Crippen molar-refractivity contribution in [3.63, 3.8) is 0 Å². The van der Waals surface area contributed by atoms with Gasteiger partial charge < -0.3 is 20.9 Å². The zero-order valence-electron chi connectivity index (χ0n) is 17.7. The summed E-state index contributed by atoms with van der Waals surface area (Å²) in [6.07, 6.45) is 1.17. The van der Waals surface area contributed by atoms with E-state index >= 15 is 0 Å². The molecule has 8 heteroatoms. The largest absolute Gasteiger partial charge is 0.357 e. The molecule has 31 heavy (non-hydrogen) atoms. The highest BCUT2D eigenvalue weighted by Crippen LogP contribution is 2.20. The number of aliphatic imine (C=N–C) groups is 1. The van der Waals surface area contributed by atoms with Crippen LogP contribution in [0.4, 0.5) is 5.69 Å². The second-order valence-electron chi connectivity index (χ2n) is 7.12. The monoisotopic (exact) mass is 535 g/mol. The molecular weight excluding hydrogens is 505 g/mol. The quantitative estimate of drug-likeness (QED) is 0.210. The Kier molecular flexibility index (Phi) is 10.3. The molecule has 1 atom stereocenters. The number of benzene rings is 2. The molecule has 2 amide bonds. The summed E-state index contributed by atoms with van der Waals surface area (Å²) in [6.45, 7) is 4.49. The Bertz CT molecular complexity index is 861. The van der Waals surface area contributed by atoms with Crippen LogP contribution < -0.4 is 20.9 Å². The van der Waals surface area contributed by atoms with Crippen molar-refractivity contribution in [2.45, 2.75) is 25.8 Å². The lowest BCUT2D eigenvalue weighted by Gasteiger charge is -2.19. The number of carbonyl (C=O) groups excluding carboxylic acids is 2. The molecule has 2 aromatic carbocycles. The Morgan fingerprint density at radius 1 is 1.06 bits per heavy atom. The van der Waals surface area contributed by atoms with Crippen LogP contribution in [0.3, 0.4) is 0 Å². The molecular formula is C23H30IN5O2. The molecule has 0 aromatic heterocycles. The first-order valence-electron chi connectivity index (χ1n) is 10.4. The van der Waals surface area contributed by atoms with Gasteiger partial charge in [-0.15, -0.1) is 24.0 Å². The van der Waals surface area contributed by atoms with Gasteiger partial charge in [-0.05, 0) is 37.6 Å². The average Bonchev–Trinajstić information content (AvgIpc) is 3.14. The van der Waals surface area contributed by atoms with E-state index < -0.39 is 0 Å². The summed E-state index contributed by atoms with van der Waals surface area (Å²) in [7, 11) is 0. The molecule has 0 radical (unpaired) electrons. The molecule has 7 nitrogen and oxygen atoms in total. The van der Waals surface area contributed by atoms with Crippen LogP contribution in [0.2, 0.25) is 0 Å². The molecule has 2 aromatic rings. The van der Waals surface area contributed by atoms with Gasteiger partial charge in [-0.3, -0.25) is 14.6 Å². The SMILES string of the molecule is CCNC(=NCCCNC(=O)c1ccccc1)NC1CC(=O)N(c2ccccc2)C1.I. The van der Waals surface area contributed by atoms with Gasteiger partial charge in [0.1, 0.15) is 0 Å². The predicted octanol–water partition coefficient (Wildman–Crippen LogP) is 2.79. The summed E-state index contributed by atoms with van der Waals surface area (Å²) in [5, 5.41) is 9.50. The van der Waals surface area contributed by atoms with Gasteiger partial charge in [0, 0.05) is 43.9 Å². The molecule has 0 bridgehead atoms. The van der Waals surface area contributed by atoms with Crippen molar-refractivity contribution >= 4 is 47.4 Å². The van der Waals surface area contributed by atoms with Gasteiger partial charge in [0.2, 0.25) is 5.91 Å². The van der Waals surface area contributed by atoms with E-state index in [1.54, 1.807) is 17.0 Å². The van der Waals surface area contributed by atoms with Crippen LogP contribution in [-0.4, -0.2) is 50.0 Å². The highest BCUT2D eigenvalue weighted by Gasteiger charge is 2.30. The van der Waals surface area contributed by atoms with Crippen LogP contribution >= 0.6 is 24.0 Å². The standard InChI is InChI=1S/C23H29N5O2.HI/c1-2-24-23(26-15-9-14-25-22(30)18-10-5-3-6-11-18)27-19-16-21(29)28(17-19)20-12-7-4-8-13-20;/h3-8,10-13,19H,2,9,14-17H2,1H3,(H,25,30)(H2,24,26,27);1H. The van der Waals surface area contributed by atoms with Crippen molar-refractivity contribution in [1.82, 2.24) is 16.0 Å². The number of para-hydroxylation sites is 1. The molecule has 1 saturated heterocycles. The second-order valence-corrected chi connectivity index (χ2v) is 7.12. The summed E-state index contributed by atoms with van der Waals surface area (Å²) < 4.78 is 0. The first-order chi connectivity index (χ1) is 14.7. The third kappa shape index (κ3) is 7.54. The number of halogens is 1. The number of amides is 2. The van der Waals surface area contributed by atoms with Gasteiger partial charge >= 0.3 is 0 Å². The number of rotatable bonds is 8. The minimum atomic E-state index is -0.0740. The van der Waals surface area contributed by atoms with E-state index in [0.717, 1.165) is 18.7 Å². The zero-order valence-corrected chi connectivity index (χ0v) is 20.0. The molecule has 0 aliphatic carbocycles. The maximum Gasteiger partial charge on any atom is 0.251 e. The molecule has 1 unspecified atom stereocenters. The van der Waals surface area contributed by atoms with Gasteiger partial charge in [-0.1, -0.05) is 36.4 Å². The van der Waals surface area contributed by atoms with Crippen molar-refractivity contribution in [1.29, 1.82) is 0 Å². The van der Waals surface area contributed by atoms with E-state index in [2.05, 4.69) is 20.9 Å². The Morgan fingerprint density at radius 2 is 1.74 bits per heavy atom. The van der Waals surface area contributed by atoms with Crippen molar-refractivity contribution < 1.29 is 9.59 Å². The number of hydrogen-bond donors (Lipinski definition) is 3. The third-order valence-electron chi connectivity index (χ3n) is 4.80. The average molecular weight is 535 g/mol. The molecule has 0 saturated carbocycles. The number of anilines is 1. The smallest absolute Gasteiger partial charge is 0.251 e. The van der Waals surface area contributed by atoms with Crippen molar-refractivity contribution in [3.05, 3.63) is 66.2 Å². The Hall–Kier alpha value is -2.62. The molecule has 1 heterocycles. The normalized spacial score (nSPS) is 15.9. The van der Waals surface area contributed by atoms with Gasteiger partial charge in [-0.2, -0.15) is 0 Å². The van der Waals surface area contributed by atoms with Gasteiger partial charge in [-0.25, -0.2) is 0 Å². The molecule has 3 N–H and O–H groups in total. The molecule has 1 aliphatic heterocycles. The fourth-order valence-corrected chi connectivity index (χ4v) is 3.34. The van der Waals surface area contributed by atoms with E-state index in [1.165, 1.54) is 0 Å². The first-order valence-corrected chi connectivity index (χ1v) is 10.4. The Balaban J connectivity index is 0.00000341. The second kappa shape index (κ2) is 12.9. The number of nitrogens with zero attached hydrogens (tertiary/aromatic N) is 2. The minimum absolute atomic E-state index is 0. The maximum absolute atomic E-state index is 12.4. The zero-order chi connectivity index (χ0) is 21.2. The van der Waals surface area contributed by atoms with Crippen LogP contribution in [0, 0.1) is 0 Å². The summed E-state index contributed by atoms with van der Waals surface area (Å²) in [5.74, 6) is 0.729. The Morgan fingerprint density at radius 3 is 2.42 bits per heavy atom. The third-order valence-corrected chi connectivity index (χ3v) is 4.80. The number of carbonyl (C=O) groups is 2. The number of nitrogens with one attached hydrogen (secondary N) is 3. The van der Waals surface area contributed by atoms with Crippen LogP contribution in [0.1, 0.15) is 30.1 Å². The van der Waals surface area contributed by atoms with Gasteiger partial charge in [0.15, 0.2) is 5.96 Å². The summed E-state index contributed by atoms with van der Waals surface area (Å²) in [5.41, 5.74) is 1.58. The van der Waals surface area contributed by atoms with Gasteiger partial charge in [0.05, 0.1) is 6.04 Å². The van der Waals surface area contributed by atoms with E-state index in [9.17, 15) is 9.59 Å². The van der Waals surface area contributed by atoms with Crippen LogP contribution in [0.15, 0.2) is 65.7 Å². The fourth-order valence-electron chi connectivity index (χ4n) is 3.34. The summed E-state index contributed by atoms with van der Waals surface area (Å²) in [6, 6.07) is 18.9. The highest BCUT2D eigenvalue weighted by molar-refractivity contribution is 14.0. The number of hydrogen-bond acceptors (Lipinski definition) is 3. The molecule has 1 aliphatic rings. The lowest BCUT2D eigenvalue weighted by Crippen LogP contribution is -2.44. The predicted molar refractivity (Wildman–Crippen MR) is 135 cm³/mol. The van der Waals surface area contributed by atoms with Crippen molar-refractivity contribution in [2.75, 3.05) is 31.1 Å². The van der Waals surface area contributed by atoms with Crippen molar-refractivity contribution in [3.8, 4) is 0 Å². The van der Waals surface area contributed by atoms with E-state index in [-0.39, 0.29) is 41.8 Å². The maximum atomic E-state index is 12.4. The molecule has 166 valence electrons. The van der Waals surface area contributed by atoms with E-state index in [0.29, 0.717) is 37.6 Å². The number of guanidine groups is 1. The molecule has 0 spiro atoms. The fraction of sp³-hybridized carbons (Fsp3) is 0.348. The lowest BCUT2D eigenvalue weighted by molar-refractivity contribution is -0.117. The minimum Gasteiger partial charge on any atom is -0.357 e. The van der Waals surface area contributed by atoms with E-state index in [1.807, 2.05) is 55.5 Å².